The van der Waals surface area contributed by atoms with E-state index in [1.165, 1.54) is 29.5 Å². The number of aryl methyl sites for hydroxylation is 3. The molecule has 3 aromatic heterocycles. The SMILES string of the molecule is Cc1cc(OCc2c(F)cccc2F)c2nc(C)c(C(=O)NCC(N)c3csc(C)n3)n2c1. The van der Waals surface area contributed by atoms with Crippen molar-refractivity contribution < 1.29 is 18.3 Å². The van der Waals surface area contributed by atoms with Crippen molar-refractivity contribution in [2.45, 2.75) is 33.4 Å². The fourth-order valence-electron chi connectivity index (χ4n) is 3.50. The van der Waals surface area contributed by atoms with Crippen LogP contribution in [0.25, 0.3) is 5.65 Å². The molecule has 4 rings (SSSR count). The average Bonchev–Trinajstić information content (AvgIpc) is 3.34. The lowest BCUT2D eigenvalue weighted by Crippen LogP contribution is -2.33. The topological polar surface area (TPSA) is 94.5 Å². The fourth-order valence-corrected chi connectivity index (χ4v) is 4.18. The molecule has 3 N–H and O–H groups in total. The summed E-state index contributed by atoms with van der Waals surface area (Å²) in [5.41, 5.74) is 8.67. The maximum Gasteiger partial charge on any atom is 0.270 e. The monoisotopic (exact) mass is 471 g/mol. The van der Waals surface area contributed by atoms with Crippen LogP contribution < -0.4 is 15.8 Å². The van der Waals surface area contributed by atoms with Crippen molar-refractivity contribution in [2.75, 3.05) is 6.54 Å². The van der Waals surface area contributed by atoms with Crippen LogP contribution in [0, 0.1) is 32.4 Å². The highest BCUT2D eigenvalue weighted by Gasteiger charge is 2.21. The number of hydrogen-bond acceptors (Lipinski definition) is 6. The first-order valence-electron chi connectivity index (χ1n) is 10.3. The van der Waals surface area contributed by atoms with Gasteiger partial charge in [0.15, 0.2) is 11.4 Å². The largest absolute Gasteiger partial charge is 0.485 e. The highest BCUT2D eigenvalue weighted by molar-refractivity contribution is 7.09. The number of pyridine rings is 1. The molecule has 10 heteroatoms. The second-order valence-corrected chi connectivity index (χ2v) is 8.78. The Labute approximate surface area is 193 Å². The summed E-state index contributed by atoms with van der Waals surface area (Å²) < 4.78 is 35.3. The molecule has 33 heavy (non-hydrogen) atoms. The number of fused-ring (bicyclic) bond motifs is 1. The Morgan fingerprint density at radius 3 is 2.64 bits per heavy atom. The van der Waals surface area contributed by atoms with E-state index in [-0.39, 0.29) is 24.6 Å². The van der Waals surface area contributed by atoms with Gasteiger partial charge < -0.3 is 15.8 Å². The number of imidazole rings is 1. The van der Waals surface area contributed by atoms with E-state index in [0.29, 0.717) is 22.8 Å². The number of amides is 1. The minimum absolute atomic E-state index is 0.176. The number of carbonyl (C=O) groups is 1. The molecule has 172 valence electrons. The van der Waals surface area contributed by atoms with Crippen molar-refractivity contribution in [1.82, 2.24) is 19.7 Å². The molecule has 0 saturated carbocycles. The van der Waals surface area contributed by atoms with E-state index >= 15 is 0 Å². The highest BCUT2D eigenvalue weighted by atomic mass is 32.1. The fraction of sp³-hybridized carbons (Fsp3) is 0.261. The molecule has 7 nitrogen and oxygen atoms in total. The van der Waals surface area contributed by atoms with Gasteiger partial charge in [0.1, 0.15) is 23.9 Å². The number of nitrogens with zero attached hydrogens (tertiary/aromatic N) is 3. The number of benzene rings is 1. The molecule has 1 amide bonds. The predicted molar refractivity (Wildman–Crippen MR) is 121 cm³/mol. The molecule has 1 unspecified atom stereocenters. The van der Waals surface area contributed by atoms with Crippen molar-refractivity contribution in [3.63, 3.8) is 0 Å². The maximum absolute atomic E-state index is 14.0. The van der Waals surface area contributed by atoms with Gasteiger partial charge in [0, 0.05) is 18.1 Å². The van der Waals surface area contributed by atoms with Crippen LogP contribution in [0.15, 0.2) is 35.8 Å². The summed E-state index contributed by atoms with van der Waals surface area (Å²) in [7, 11) is 0. The van der Waals surface area contributed by atoms with E-state index < -0.39 is 17.7 Å². The van der Waals surface area contributed by atoms with Crippen molar-refractivity contribution in [3.05, 3.63) is 80.7 Å². The number of ether oxygens (including phenoxy) is 1. The third-order valence-corrected chi connectivity index (χ3v) is 5.94. The van der Waals surface area contributed by atoms with Gasteiger partial charge in [-0.2, -0.15) is 0 Å². The number of halogens is 2. The summed E-state index contributed by atoms with van der Waals surface area (Å²) in [6.45, 7) is 5.32. The van der Waals surface area contributed by atoms with Crippen molar-refractivity contribution in [2.24, 2.45) is 5.73 Å². The lowest BCUT2D eigenvalue weighted by Gasteiger charge is -2.12. The van der Waals surface area contributed by atoms with Gasteiger partial charge in [-0.3, -0.25) is 9.20 Å². The Hall–Kier alpha value is -3.37. The molecule has 0 saturated heterocycles. The van der Waals surface area contributed by atoms with Crippen LogP contribution in [-0.2, 0) is 6.61 Å². The van der Waals surface area contributed by atoms with E-state index in [1.807, 2.05) is 19.2 Å². The number of aromatic nitrogens is 3. The Kier molecular flexibility index (Phi) is 6.39. The lowest BCUT2D eigenvalue weighted by atomic mass is 10.2. The molecule has 0 bridgehead atoms. The third kappa shape index (κ3) is 4.71. The average molecular weight is 472 g/mol. The summed E-state index contributed by atoms with van der Waals surface area (Å²) in [4.78, 5) is 21.8. The van der Waals surface area contributed by atoms with E-state index in [1.54, 1.807) is 23.6 Å². The summed E-state index contributed by atoms with van der Waals surface area (Å²) in [6, 6.07) is 4.92. The van der Waals surface area contributed by atoms with Gasteiger partial charge in [0.2, 0.25) is 0 Å². The number of nitrogens with one attached hydrogen (secondary N) is 1. The van der Waals surface area contributed by atoms with Gasteiger partial charge >= 0.3 is 0 Å². The van der Waals surface area contributed by atoms with E-state index in [9.17, 15) is 13.6 Å². The van der Waals surface area contributed by atoms with Crippen molar-refractivity contribution >= 4 is 22.9 Å². The third-order valence-electron chi connectivity index (χ3n) is 5.15. The number of carbonyl (C=O) groups excluding carboxylic acids is 1. The molecule has 0 aliphatic carbocycles. The number of rotatable bonds is 7. The molecular formula is C23H23F2N5O2S. The van der Waals surface area contributed by atoms with Gasteiger partial charge in [-0.15, -0.1) is 11.3 Å². The lowest BCUT2D eigenvalue weighted by molar-refractivity contribution is 0.0944. The van der Waals surface area contributed by atoms with Gasteiger partial charge in [0.25, 0.3) is 5.91 Å². The zero-order valence-electron chi connectivity index (χ0n) is 18.4. The molecule has 4 aromatic rings. The Morgan fingerprint density at radius 1 is 1.24 bits per heavy atom. The van der Waals surface area contributed by atoms with Crippen LogP contribution in [0.5, 0.6) is 5.75 Å². The van der Waals surface area contributed by atoms with Crippen LogP contribution >= 0.6 is 11.3 Å². The van der Waals surface area contributed by atoms with E-state index in [2.05, 4.69) is 15.3 Å². The number of nitrogens with two attached hydrogens (primary N) is 1. The normalized spacial score (nSPS) is 12.2. The van der Waals surface area contributed by atoms with Crippen molar-refractivity contribution in [3.8, 4) is 5.75 Å². The van der Waals surface area contributed by atoms with E-state index in [4.69, 9.17) is 10.5 Å². The quantitative estimate of drug-likeness (QED) is 0.425. The maximum atomic E-state index is 14.0. The van der Waals surface area contributed by atoms with Crippen molar-refractivity contribution in [1.29, 1.82) is 0 Å². The summed E-state index contributed by atoms with van der Waals surface area (Å²) in [6.07, 6.45) is 1.75. The van der Waals surface area contributed by atoms with E-state index in [0.717, 1.165) is 16.3 Å². The minimum atomic E-state index is -0.690. The number of thiazole rings is 1. The Morgan fingerprint density at radius 2 is 1.97 bits per heavy atom. The molecule has 1 atom stereocenters. The Balaban J connectivity index is 1.58. The molecule has 0 fully saturated rings. The van der Waals surface area contributed by atoms with Crippen LogP contribution in [0.2, 0.25) is 0 Å². The van der Waals surface area contributed by atoms with Crippen LogP contribution in [0.1, 0.15) is 44.1 Å². The molecule has 1 aromatic carbocycles. The van der Waals surface area contributed by atoms with Crippen LogP contribution in [-0.4, -0.2) is 26.8 Å². The molecule has 0 aliphatic rings. The standard InChI is InChI=1S/C23H23F2N5O2S/c1-12-7-20(32-10-15-16(24)5-4-6-17(15)25)22-28-13(2)21(30(22)9-12)23(31)27-8-18(26)19-11-33-14(3)29-19/h4-7,9,11,18H,8,10,26H2,1-3H3,(H,27,31). The molecule has 3 heterocycles. The highest BCUT2D eigenvalue weighted by Crippen LogP contribution is 2.26. The van der Waals surface area contributed by atoms with Crippen LogP contribution in [0.4, 0.5) is 8.78 Å². The predicted octanol–water partition coefficient (Wildman–Crippen LogP) is 4.00. The summed E-state index contributed by atoms with van der Waals surface area (Å²) >= 11 is 1.50. The first-order valence-corrected chi connectivity index (χ1v) is 11.1. The smallest absolute Gasteiger partial charge is 0.270 e. The zero-order chi connectivity index (χ0) is 23.7. The summed E-state index contributed by atoms with van der Waals surface area (Å²) in [5, 5.41) is 5.61. The molecule has 0 aliphatic heterocycles. The number of hydrogen-bond donors (Lipinski definition) is 2. The first-order chi connectivity index (χ1) is 15.7. The van der Waals surface area contributed by atoms with Crippen LogP contribution in [0.3, 0.4) is 0 Å². The molecule has 0 spiro atoms. The molecule has 0 radical (unpaired) electrons. The Bertz CT molecular complexity index is 1310. The zero-order valence-corrected chi connectivity index (χ0v) is 19.2. The second kappa shape index (κ2) is 9.24. The minimum Gasteiger partial charge on any atom is -0.485 e. The molecular weight excluding hydrogens is 448 g/mol. The van der Waals surface area contributed by atoms with Gasteiger partial charge in [-0.25, -0.2) is 18.7 Å². The summed E-state index contributed by atoms with van der Waals surface area (Å²) in [5.74, 6) is -1.41. The second-order valence-electron chi connectivity index (χ2n) is 7.72. The van der Waals surface area contributed by atoms with Gasteiger partial charge in [-0.05, 0) is 44.5 Å². The first kappa shape index (κ1) is 22.8. The van der Waals surface area contributed by atoms with Gasteiger partial charge in [0.05, 0.1) is 28.0 Å². The van der Waals surface area contributed by atoms with Gasteiger partial charge in [-0.1, -0.05) is 6.07 Å².